The van der Waals surface area contributed by atoms with Crippen molar-refractivity contribution in [1.29, 1.82) is 0 Å². The molecule has 1 N–H and O–H groups in total. The van der Waals surface area contributed by atoms with Gasteiger partial charge in [-0.2, -0.15) is 0 Å². The maximum absolute atomic E-state index is 13.2. The first-order chi connectivity index (χ1) is 11.1. The van der Waals surface area contributed by atoms with Crippen molar-refractivity contribution >= 4 is 11.6 Å². The van der Waals surface area contributed by atoms with E-state index in [0.29, 0.717) is 0 Å². The van der Waals surface area contributed by atoms with Gasteiger partial charge in [0.25, 0.3) is 0 Å². The molecular weight excluding hydrogens is 298 g/mol. The van der Waals surface area contributed by atoms with E-state index in [1.54, 1.807) is 0 Å². The predicted octanol–water partition coefficient (Wildman–Crippen LogP) is 3.74. The van der Waals surface area contributed by atoms with Crippen molar-refractivity contribution in [3.05, 3.63) is 65.7 Å². The Morgan fingerprint density at radius 2 is 1.83 bits per heavy atom. The number of anilines is 1. The average Bonchev–Trinajstić information content (AvgIpc) is 2.95. The molecule has 0 spiro atoms. The van der Waals surface area contributed by atoms with Crippen LogP contribution in [0.25, 0.3) is 0 Å². The van der Waals surface area contributed by atoms with Gasteiger partial charge in [-0.25, -0.2) is 8.78 Å². The molecular formula is C18H18F2N2O. The number of likely N-dealkylation sites (tertiary alicyclic amines) is 1. The number of carbonyl (C=O) groups is 1. The minimum absolute atomic E-state index is 0.142. The smallest absolute Gasteiger partial charge is 0.238 e. The molecule has 0 aromatic heterocycles. The predicted molar refractivity (Wildman–Crippen MR) is 85.0 cm³/mol. The zero-order valence-electron chi connectivity index (χ0n) is 12.6. The molecule has 1 fully saturated rings. The zero-order valence-corrected chi connectivity index (χ0v) is 12.6. The highest BCUT2D eigenvalue weighted by Crippen LogP contribution is 2.31. The van der Waals surface area contributed by atoms with Crippen molar-refractivity contribution in [2.45, 2.75) is 18.9 Å². The topological polar surface area (TPSA) is 32.3 Å². The van der Waals surface area contributed by atoms with Crippen LogP contribution in [0.3, 0.4) is 0 Å². The quantitative estimate of drug-likeness (QED) is 0.932. The molecule has 120 valence electrons. The number of amides is 1. The number of halogens is 2. The van der Waals surface area contributed by atoms with Gasteiger partial charge in [-0.15, -0.1) is 0 Å². The van der Waals surface area contributed by atoms with Crippen molar-refractivity contribution in [2.24, 2.45) is 0 Å². The SMILES string of the molecule is O=C(CN1CCC[C@H]1c1ccccc1)Nc1cc(F)cc(F)c1. The standard InChI is InChI=1S/C18H18F2N2O/c19-14-9-15(20)11-16(10-14)21-18(23)12-22-8-4-7-17(22)13-5-2-1-3-6-13/h1-3,5-6,9-11,17H,4,7-8,12H2,(H,21,23)/t17-/m0/s1. The van der Waals surface area contributed by atoms with Crippen LogP contribution < -0.4 is 5.32 Å². The number of rotatable bonds is 4. The van der Waals surface area contributed by atoms with Crippen LogP contribution in [0.2, 0.25) is 0 Å². The fraction of sp³-hybridized carbons (Fsp3) is 0.278. The van der Waals surface area contributed by atoms with Crippen LogP contribution in [-0.4, -0.2) is 23.9 Å². The van der Waals surface area contributed by atoms with Gasteiger partial charge in [0, 0.05) is 17.8 Å². The summed E-state index contributed by atoms with van der Waals surface area (Å²) in [6.07, 6.45) is 2.04. The van der Waals surface area contributed by atoms with E-state index in [1.165, 1.54) is 5.56 Å². The van der Waals surface area contributed by atoms with E-state index >= 15 is 0 Å². The maximum atomic E-state index is 13.2. The Labute approximate surface area is 133 Å². The lowest BCUT2D eigenvalue weighted by Crippen LogP contribution is -2.33. The Hall–Kier alpha value is -2.27. The average molecular weight is 316 g/mol. The lowest BCUT2D eigenvalue weighted by Gasteiger charge is -2.24. The first-order valence-electron chi connectivity index (χ1n) is 7.67. The summed E-state index contributed by atoms with van der Waals surface area (Å²) in [5.74, 6) is -1.68. The summed E-state index contributed by atoms with van der Waals surface area (Å²) in [4.78, 5) is 14.3. The number of nitrogens with one attached hydrogen (secondary N) is 1. The summed E-state index contributed by atoms with van der Waals surface area (Å²) in [6.45, 7) is 1.04. The number of hydrogen-bond acceptors (Lipinski definition) is 2. The summed E-state index contributed by atoms with van der Waals surface area (Å²) in [6, 6.07) is 13.3. The second-order valence-electron chi connectivity index (χ2n) is 5.75. The van der Waals surface area contributed by atoms with Gasteiger partial charge in [0.2, 0.25) is 5.91 Å². The Morgan fingerprint density at radius 3 is 2.52 bits per heavy atom. The Bertz CT molecular complexity index is 670. The Kier molecular flexibility index (Phi) is 4.67. The number of hydrogen-bond donors (Lipinski definition) is 1. The van der Waals surface area contributed by atoms with Crippen molar-refractivity contribution in [2.75, 3.05) is 18.4 Å². The van der Waals surface area contributed by atoms with Crippen LogP contribution >= 0.6 is 0 Å². The maximum Gasteiger partial charge on any atom is 0.238 e. The van der Waals surface area contributed by atoms with Gasteiger partial charge in [0.05, 0.1) is 6.54 Å². The summed E-state index contributed by atoms with van der Waals surface area (Å²) < 4.78 is 26.3. The van der Waals surface area contributed by atoms with E-state index in [4.69, 9.17) is 0 Å². The molecule has 3 nitrogen and oxygen atoms in total. The monoisotopic (exact) mass is 316 g/mol. The molecule has 3 rings (SSSR count). The first-order valence-corrected chi connectivity index (χ1v) is 7.67. The molecule has 1 aliphatic heterocycles. The molecule has 0 aliphatic carbocycles. The number of nitrogens with zero attached hydrogens (tertiary/aromatic N) is 1. The lowest BCUT2D eigenvalue weighted by molar-refractivity contribution is -0.117. The van der Waals surface area contributed by atoms with E-state index in [1.807, 2.05) is 18.2 Å². The normalized spacial score (nSPS) is 18.1. The fourth-order valence-electron chi connectivity index (χ4n) is 3.08. The third-order valence-electron chi connectivity index (χ3n) is 4.04. The van der Waals surface area contributed by atoms with Gasteiger partial charge >= 0.3 is 0 Å². The van der Waals surface area contributed by atoms with E-state index in [0.717, 1.165) is 37.6 Å². The molecule has 23 heavy (non-hydrogen) atoms. The van der Waals surface area contributed by atoms with Crippen LogP contribution in [0.15, 0.2) is 48.5 Å². The summed E-state index contributed by atoms with van der Waals surface area (Å²) in [5, 5.41) is 2.56. The van der Waals surface area contributed by atoms with Crippen molar-refractivity contribution < 1.29 is 13.6 Å². The fourth-order valence-corrected chi connectivity index (χ4v) is 3.08. The second kappa shape index (κ2) is 6.87. The summed E-state index contributed by atoms with van der Waals surface area (Å²) in [5.41, 5.74) is 1.33. The molecule has 1 heterocycles. The highest BCUT2D eigenvalue weighted by molar-refractivity contribution is 5.92. The van der Waals surface area contributed by atoms with Crippen LogP contribution in [0.5, 0.6) is 0 Å². The molecule has 0 unspecified atom stereocenters. The van der Waals surface area contributed by atoms with Crippen LogP contribution in [-0.2, 0) is 4.79 Å². The summed E-state index contributed by atoms with van der Waals surface area (Å²) >= 11 is 0. The minimum Gasteiger partial charge on any atom is -0.325 e. The molecule has 1 aliphatic rings. The van der Waals surface area contributed by atoms with Crippen LogP contribution in [0, 0.1) is 11.6 Å². The van der Waals surface area contributed by atoms with Crippen LogP contribution in [0.4, 0.5) is 14.5 Å². The molecule has 2 aromatic carbocycles. The van der Waals surface area contributed by atoms with Crippen molar-refractivity contribution in [3.8, 4) is 0 Å². The van der Waals surface area contributed by atoms with Gasteiger partial charge in [0.15, 0.2) is 0 Å². The highest BCUT2D eigenvalue weighted by atomic mass is 19.1. The molecule has 0 bridgehead atoms. The van der Waals surface area contributed by atoms with Gasteiger partial charge in [-0.3, -0.25) is 9.69 Å². The minimum atomic E-state index is -0.705. The van der Waals surface area contributed by atoms with E-state index in [2.05, 4.69) is 22.3 Å². The number of benzene rings is 2. The van der Waals surface area contributed by atoms with Crippen molar-refractivity contribution in [1.82, 2.24) is 4.90 Å². The van der Waals surface area contributed by atoms with Crippen molar-refractivity contribution in [3.63, 3.8) is 0 Å². The van der Waals surface area contributed by atoms with Gasteiger partial charge in [-0.05, 0) is 37.1 Å². The largest absolute Gasteiger partial charge is 0.325 e. The molecule has 2 aromatic rings. The van der Waals surface area contributed by atoms with Gasteiger partial charge in [-0.1, -0.05) is 30.3 Å². The van der Waals surface area contributed by atoms with E-state index in [9.17, 15) is 13.6 Å². The van der Waals surface area contributed by atoms with E-state index in [-0.39, 0.29) is 24.2 Å². The third kappa shape index (κ3) is 3.93. The molecule has 5 heteroatoms. The first kappa shape index (κ1) is 15.6. The zero-order chi connectivity index (χ0) is 16.2. The molecule has 0 radical (unpaired) electrons. The molecule has 1 amide bonds. The third-order valence-corrected chi connectivity index (χ3v) is 4.04. The highest BCUT2D eigenvalue weighted by Gasteiger charge is 2.27. The Morgan fingerprint density at radius 1 is 1.13 bits per heavy atom. The van der Waals surface area contributed by atoms with E-state index < -0.39 is 11.6 Å². The van der Waals surface area contributed by atoms with Gasteiger partial charge in [0.1, 0.15) is 11.6 Å². The van der Waals surface area contributed by atoms with Crippen LogP contribution in [0.1, 0.15) is 24.4 Å². The Balaban J connectivity index is 1.65. The second-order valence-corrected chi connectivity index (χ2v) is 5.75. The summed E-state index contributed by atoms with van der Waals surface area (Å²) in [7, 11) is 0. The lowest BCUT2D eigenvalue weighted by atomic mass is 10.0. The molecule has 0 saturated carbocycles. The molecule has 1 atom stereocenters. The van der Waals surface area contributed by atoms with Gasteiger partial charge < -0.3 is 5.32 Å². The molecule has 1 saturated heterocycles. The number of carbonyl (C=O) groups excluding carboxylic acids is 1.